The first-order valence-corrected chi connectivity index (χ1v) is 10.4. The molecular weight excluding hydrogens is 276 g/mol. The molecule has 1 aromatic carbocycles. The minimum absolute atomic E-state index is 1.21. The third-order valence-electron chi connectivity index (χ3n) is 5.17. The van der Waals surface area contributed by atoms with Gasteiger partial charge >= 0.3 is 0 Å². The van der Waals surface area contributed by atoms with E-state index in [1.807, 2.05) is 0 Å². The highest BCUT2D eigenvalue weighted by molar-refractivity contribution is 5.53. The Hall–Kier alpha value is -0.780. The van der Waals surface area contributed by atoms with Crippen LogP contribution >= 0.6 is 0 Å². The van der Waals surface area contributed by atoms with Gasteiger partial charge in [-0.05, 0) is 78.3 Å². The summed E-state index contributed by atoms with van der Waals surface area (Å²) < 4.78 is 0. The second-order valence-electron chi connectivity index (χ2n) is 6.93. The minimum Gasteiger partial charge on any atom is -0.0654 e. The van der Waals surface area contributed by atoms with Crippen LogP contribution in [0.4, 0.5) is 0 Å². The molecule has 0 amide bonds. The standard InChI is InChI=1S/C23H40/c1-7-13-17-23-21(15-9-3)19(12-6)18(11-5)20(14-8-2)22(23)16-10-4/h7-17H2,1-6H3. The SMILES string of the molecule is CCCCc1c(CCC)c(CC)c(CC)c(CCC)c1CCC. The maximum absolute atomic E-state index is 2.37. The van der Waals surface area contributed by atoms with Crippen LogP contribution in [-0.4, -0.2) is 0 Å². The van der Waals surface area contributed by atoms with Gasteiger partial charge in [-0.3, -0.25) is 0 Å². The summed E-state index contributed by atoms with van der Waals surface area (Å²) in [4.78, 5) is 0. The molecule has 0 fully saturated rings. The van der Waals surface area contributed by atoms with Crippen LogP contribution in [0.1, 0.15) is 107 Å². The van der Waals surface area contributed by atoms with Gasteiger partial charge in [0.1, 0.15) is 0 Å². The van der Waals surface area contributed by atoms with Gasteiger partial charge < -0.3 is 0 Å². The van der Waals surface area contributed by atoms with Gasteiger partial charge in [0.2, 0.25) is 0 Å². The van der Waals surface area contributed by atoms with Crippen molar-refractivity contribution in [3.63, 3.8) is 0 Å². The van der Waals surface area contributed by atoms with E-state index in [2.05, 4.69) is 41.5 Å². The number of benzene rings is 1. The molecule has 0 N–H and O–H groups in total. The molecule has 0 spiro atoms. The second kappa shape index (κ2) is 10.9. The van der Waals surface area contributed by atoms with E-state index < -0.39 is 0 Å². The number of unbranched alkanes of at least 4 members (excludes halogenated alkanes) is 1. The largest absolute Gasteiger partial charge is 0.0654 e. The molecule has 0 saturated carbocycles. The highest BCUT2D eigenvalue weighted by Crippen LogP contribution is 2.33. The highest BCUT2D eigenvalue weighted by atomic mass is 14.2. The van der Waals surface area contributed by atoms with Gasteiger partial charge in [0, 0.05) is 0 Å². The number of hydrogen-bond donors (Lipinski definition) is 0. The predicted molar refractivity (Wildman–Crippen MR) is 106 cm³/mol. The van der Waals surface area contributed by atoms with Crippen molar-refractivity contribution in [1.29, 1.82) is 0 Å². The molecule has 0 aliphatic rings. The minimum atomic E-state index is 1.21. The zero-order valence-electron chi connectivity index (χ0n) is 16.8. The first-order valence-electron chi connectivity index (χ1n) is 10.4. The third kappa shape index (κ3) is 4.85. The molecule has 0 radical (unpaired) electrons. The van der Waals surface area contributed by atoms with Crippen LogP contribution < -0.4 is 0 Å². The van der Waals surface area contributed by atoms with Crippen molar-refractivity contribution in [3.8, 4) is 0 Å². The highest BCUT2D eigenvalue weighted by Gasteiger charge is 2.20. The van der Waals surface area contributed by atoms with Crippen molar-refractivity contribution in [2.45, 2.75) is 112 Å². The molecule has 0 heteroatoms. The molecule has 0 nitrogen and oxygen atoms in total. The molecule has 0 aliphatic carbocycles. The van der Waals surface area contributed by atoms with E-state index in [-0.39, 0.29) is 0 Å². The second-order valence-corrected chi connectivity index (χ2v) is 6.93. The average molecular weight is 317 g/mol. The Morgan fingerprint density at radius 3 is 1.04 bits per heavy atom. The van der Waals surface area contributed by atoms with Crippen LogP contribution in [-0.2, 0) is 38.5 Å². The molecule has 0 bridgehead atoms. The molecule has 0 aliphatic heterocycles. The van der Waals surface area contributed by atoms with E-state index in [1.165, 1.54) is 70.6 Å². The van der Waals surface area contributed by atoms with Crippen LogP contribution in [0, 0.1) is 0 Å². The molecule has 0 heterocycles. The summed E-state index contributed by atoms with van der Waals surface area (Å²) in [7, 11) is 0. The van der Waals surface area contributed by atoms with Gasteiger partial charge in [-0.1, -0.05) is 67.2 Å². The first-order chi connectivity index (χ1) is 11.2. The van der Waals surface area contributed by atoms with Gasteiger partial charge in [0.05, 0.1) is 0 Å². The molecule has 0 atom stereocenters. The van der Waals surface area contributed by atoms with E-state index in [0.717, 1.165) is 0 Å². The van der Waals surface area contributed by atoms with Gasteiger partial charge in [-0.2, -0.15) is 0 Å². The molecule has 1 rings (SSSR count). The van der Waals surface area contributed by atoms with Crippen LogP contribution in [0.2, 0.25) is 0 Å². The van der Waals surface area contributed by atoms with Gasteiger partial charge in [-0.15, -0.1) is 0 Å². The number of hydrogen-bond acceptors (Lipinski definition) is 0. The van der Waals surface area contributed by atoms with Gasteiger partial charge in [-0.25, -0.2) is 0 Å². The third-order valence-corrected chi connectivity index (χ3v) is 5.17. The lowest BCUT2D eigenvalue weighted by Crippen LogP contribution is -2.13. The fourth-order valence-electron chi connectivity index (χ4n) is 4.26. The normalized spacial score (nSPS) is 11.2. The van der Waals surface area contributed by atoms with E-state index in [9.17, 15) is 0 Å². The summed E-state index contributed by atoms with van der Waals surface area (Å²) in [6, 6.07) is 0. The summed E-state index contributed by atoms with van der Waals surface area (Å²) in [6.07, 6.45) is 14.0. The molecular formula is C23H40. The summed E-state index contributed by atoms with van der Waals surface area (Å²) >= 11 is 0. The van der Waals surface area contributed by atoms with E-state index in [1.54, 1.807) is 33.4 Å². The summed E-state index contributed by atoms with van der Waals surface area (Å²) in [6.45, 7) is 14.1. The van der Waals surface area contributed by atoms with E-state index in [0.29, 0.717) is 0 Å². The summed E-state index contributed by atoms with van der Waals surface area (Å²) in [5.41, 5.74) is 10.4. The van der Waals surface area contributed by atoms with E-state index >= 15 is 0 Å². The van der Waals surface area contributed by atoms with Crippen LogP contribution in [0.25, 0.3) is 0 Å². The Morgan fingerprint density at radius 2 is 0.739 bits per heavy atom. The maximum atomic E-state index is 2.37. The van der Waals surface area contributed by atoms with Crippen molar-refractivity contribution in [1.82, 2.24) is 0 Å². The Balaban J connectivity index is 3.66. The summed E-state index contributed by atoms with van der Waals surface area (Å²) in [5, 5.41) is 0. The molecule has 1 aromatic rings. The number of rotatable bonds is 11. The van der Waals surface area contributed by atoms with Crippen molar-refractivity contribution in [2.24, 2.45) is 0 Å². The fourth-order valence-corrected chi connectivity index (χ4v) is 4.26. The van der Waals surface area contributed by atoms with Crippen molar-refractivity contribution in [2.75, 3.05) is 0 Å². The Morgan fingerprint density at radius 1 is 0.391 bits per heavy atom. The van der Waals surface area contributed by atoms with Gasteiger partial charge in [0.15, 0.2) is 0 Å². The fraction of sp³-hybridized carbons (Fsp3) is 0.739. The Labute approximate surface area is 146 Å². The lowest BCUT2D eigenvalue weighted by Gasteiger charge is -2.26. The van der Waals surface area contributed by atoms with Crippen LogP contribution in [0.3, 0.4) is 0 Å². The zero-order chi connectivity index (χ0) is 17.2. The molecule has 23 heavy (non-hydrogen) atoms. The zero-order valence-corrected chi connectivity index (χ0v) is 16.8. The van der Waals surface area contributed by atoms with Gasteiger partial charge in [0.25, 0.3) is 0 Å². The molecule has 132 valence electrons. The van der Waals surface area contributed by atoms with Crippen molar-refractivity contribution < 1.29 is 0 Å². The quantitative estimate of drug-likeness (QED) is 0.412. The predicted octanol–water partition coefficient (Wildman–Crippen LogP) is 7.01. The topological polar surface area (TPSA) is 0 Å². The first kappa shape index (κ1) is 20.3. The Bertz CT molecular complexity index is 468. The Kier molecular flexibility index (Phi) is 9.60. The smallest absolute Gasteiger partial charge is 0.0273 e. The monoisotopic (exact) mass is 316 g/mol. The molecule has 0 saturated heterocycles. The van der Waals surface area contributed by atoms with Crippen molar-refractivity contribution >= 4 is 0 Å². The molecule has 0 unspecified atom stereocenters. The maximum Gasteiger partial charge on any atom is -0.0273 e. The van der Waals surface area contributed by atoms with Crippen molar-refractivity contribution in [3.05, 3.63) is 33.4 Å². The van der Waals surface area contributed by atoms with Crippen LogP contribution in [0.15, 0.2) is 0 Å². The van der Waals surface area contributed by atoms with Crippen LogP contribution in [0.5, 0.6) is 0 Å². The lowest BCUT2D eigenvalue weighted by molar-refractivity contribution is 0.742. The average Bonchev–Trinajstić information content (AvgIpc) is 2.56. The summed E-state index contributed by atoms with van der Waals surface area (Å²) in [5.74, 6) is 0. The molecule has 0 aromatic heterocycles. The van der Waals surface area contributed by atoms with E-state index in [4.69, 9.17) is 0 Å². The lowest BCUT2D eigenvalue weighted by atomic mass is 9.79.